The molecule has 21 heavy (non-hydrogen) atoms. The number of carbonyl (C=O) groups is 1. The highest BCUT2D eigenvalue weighted by Crippen LogP contribution is 2.35. The summed E-state index contributed by atoms with van der Waals surface area (Å²) in [7, 11) is 0. The third kappa shape index (κ3) is 2.72. The van der Waals surface area contributed by atoms with Crippen molar-refractivity contribution in [1.29, 1.82) is 0 Å². The van der Waals surface area contributed by atoms with Crippen LogP contribution >= 0.6 is 11.6 Å². The Morgan fingerprint density at radius 2 is 1.95 bits per heavy atom. The molecule has 0 radical (unpaired) electrons. The van der Waals surface area contributed by atoms with Gasteiger partial charge in [0.15, 0.2) is 6.10 Å². The van der Waals surface area contributed by atoms with Crippen LogP contribution in [0.3, 0.4) is 0 Å². The number of rotatable bonds is 2. The van der Waals surface area contributed by atoms with E-state index in [1.54, 1.807) is 25.1 Å². The molecule has 1 aliphatic heterocycles. The summed E-state index contributed by atoms with van der Waals surface area (Å²) >= 11 is 5.86. The standard InChI is InChI=1S/C16H13ClFNO2/c1-10-16(20)19(9-11-2-4-12(17)5-3-11)14-8-13(18)6-7-15(14)21-10/h2-8,10H,9H2,1H3. The molecule has 5 heteroatoms. The lowest BCUT2D eigenvalue weighted by atomic mass is 10.1. The summed E-state index contributed by atoms with van der Waals surface area (Å²) in [5.74, 6) is -0.0821. The van der Waals surface area contributed by atoms with Crippen molar-refractivity contribution >= 4 is 23.2 Å². The first-order valence-electron chi connectivity index (χ1n) is 6.56. The summed E-state index contributed by atoms with van der Waals surface area (Å²) in [6.07, 6.45) is -0.588. The molecule has 1 unspecified atom stereocenters. The molecule has 2 aromatic rings. The molecule has 3 nitrogen and oxygen atoms in total. The molecule has 0 bridgehead atoms. The zero-order valence-corrected chi connectivity index (χ0v) is 12.1. The fourth-order valence-electron chi connectivity index (χ4n) is 2.32. The third-order valence-electron chi connectivity index (χ3n) is 3.38. The summed E-state index contributed by atoms with van der Waals surface area (Å²) < 4.78 is 19.0. The van der Waals surface area contributed by atoms with Gasteiger partial charge in [-0.2, -0.15) is 0 Å². The van der Waals surface area contributed by atoms with Gasteiger partial charge in [0.05, 0.1) is 12.2 Å². The van der Waals surface area contributed by atoms with Crippen molar-refractivity contribution in [3.8, 4) is 5.75 Å². The fourth-order valence-corrected chi connectivity index (χ4v) is 2.44. The van der Waals surface area contributed by atoms with E-state index in [1.807, 2.05) is 12.1 Å². The molecule has 3 rings (SSSR count). The van der Waals surface area contributed by atoms with Gasteiger partial charge in [-0.05, 0) is 36.8 Å². The van der Waals surface area contributed by atoms with Crippen molar-refractivity contribution in [3.05, 3.63) is 58.9 Å². The molecule has 2 aromatic carbocycles. The number of fused-ring (bicyclic) bond motifs is 1. The maximum absolute atomic E-state index is 13.5. The highest BCUT2D eigenvalue weighted by molar-refractivity contribution is 6.30. The number of hydrogen-bond acceptors (Lipinski definition) is 2. The van der Waals surface area contributed by atoms with E-state index in [0.717, 1.165) is 5.56 Å². The van der Waals surface area contributed by atoms with Gasteiger partial charge in [0, 0.05) is 11.1 Å². The predicted molar refractivity (Wildman–Crippen MR) is 79.1 cm³/mol. The Labute approximate surface area is 126 Å². The smallest absolute Gasteiger partial charge is 0.268 e. The van der Waals surface area contributed by atoms with Crippen molar-refractivity contribution in [2.45, 2.75) is 19.6 Å². The van der Waals surface area contributed by atoms with Crippen molar-refractivity contribution in [3.63, 3.8) is 0 Å². The second-order valence-corrected chi connectivity index (χ2v) is 5.36. The summed E-state index contributed by atoms with van der Waals surface area (Å²) in [6, 6.07) is 11.4. The van der Waals surface area contributed by atoms with Crippen LogP contribution in [0.2, 0.25) is 5.02 Å². The quantitative estimate of drug-likeness (QED) is 0.845. The first-order chi connectivity index (χ1) is 10.0. The van der Waals surface area contributed by atoms with Crippen LogP contribution in [0, 0.1) is 5.82 Å². The van der Waals surface area contributed by atoms with Crippen LogP contribution < -0.4 is 9.64 Å². The molecule has 0 spiro atoms. The summed E-state index contributed by atoms with van der Waals surface area (Å²) in [5.41, 5.74) is 1.37. The van der Waals surface area contributed by atoms with Gasteiger partial charge in [0.1, 0.15) is 11.6 Å². The van der Waals surface area contributed by atoms with E-state index < -0.39 is 11.9 Å². The van der Waals surface area contributed by atoms with Crippen LogP contribution in [-0.2, 0) is 11.3 Å². The van der Waals surface area contributed by atoms with Crippen molar-refractivity contribution < 1.29 is 13.9 Å². The Hall–Kier alpha value is -2.07. The van der Waals surface area contributed by atoms with E-state index in [9.17, 15) is 9.18 Å². The number of ether oxygens (including phenoxy) is 1. The lowest BCUT2D eigenvalue weighted by Gasteiger charge is -2.33. The van der Waals surface area contributed by atoms with Crippen LogP contribution in [0.25, 0.3) is 0 Å². The second-order valence-electron chi connectivity index (χ2n) is 4.92. The minimum Gasteiger partial charge on any atom is -0.479 e. The molecular formula is C16H13ClFNO2. The monoisotopic (exact) mass is 305 g/mol. The molecule has 0 saturated heterocycles. The first kappa shape index (κ1) is 13.9. The topological polar surface area (TPSA) is 29.5 Å². The fraction of sp³-hybridized carbons (Fsp3) is 0.188. The number of anilines is 1. The Balaban J connectivity index is 1.98. The molecule has 0 saturated carbocycles. The molecule has 108 valence electrons. The zero-order valence-electron chi connectivity index (χ0n) is 11.3. The lowest BCUT2D eigenvalue weighted by molar-refractivity contribution is -0.125. The van der Waals surface area contributed by atoms with E-state index in [4.69, 9.17) is 16.3 Å². The van der Waals surface area contributed by atoms with E-state index in [0.29, 0.717) is 23.0 Å². The number of benzene rings is 2. The second kappa shape index (κ2) is 5.37. The molecule has 0 N–H and O–H groups in total. The third-order valence-corrected chi connectivity index (χ3v) is 3.64. The van der Waals surface area contributed by atoms with Gasteiger partial charge in [-0.1, -0.05) is 23.7 Å². The number of nitrogens with zero attached hydrogens (tertiary/aromatic N) is 1. The number of carbonyl (C=O) groups excluding carboxylic acids is 1. The van der Waals surface area contributed by atoms with Gasteiger partial charge >= 0.3 is 0 Å². The van der Waals surface area contributed by atoms with Crippen LogP contribution in [0.1, 0.15) is 12.5 Å². The minimum absolute atomic E-state index is 0.192. The summed E-state index contributed by atoms with van der Waals surface area (Å²) in [5, 5.41) is 0.631. The molecule has 1 aliphatic rings. The highest BCUT2D eigenvalue weighted by Gasteiger charge is 2.31. The van der Waals surface area contributed by atoms with Gasteiger partial charge in [-0.3, -0.25) is 4.79 Å². The number of hydrogen-bond donors (Lipinski definition) is 0. The SMILES string of the molecule is CC1Oc2ccc(F)cc2N(Cc2ccc(Cl)cc2)C1=O. The Morgan fingerprint density at radius 1 is 1.24 bits per heavy atom. The molecule has 0 aromatic heterocycles. The average Bonchev–Trinajstić information content (AvgIpc) is 2.47. The Bertz CT molecular complexity index is 687. The average molecular weight is 306 g/mol. The molecule has 1 heterocycles. The largest absolute Gasteiger partial charge is 0.479 e. The lowest BCUT2D eigenvalue weighted by Crippen LogP contribution is -2.44. The van der Waals surface area contributed by atoms with E-state index in [-0.39, 0.29) is 5.91 Å². The van der Waals surface area contributed by atoms with Crippen LogP contribution in [0.5, 0.6) is 5.75 Å². The maximum Gasteiger partial charge on any atom is 0.268 e. The van der Waals surface area contributed by atoms with E-state index in [1.165, 1.54) is 17.0 Å². The minimum atomic E-state index is -0.588. The number of amides is 1. The molecular weight excluding hydrogens is 293 g/mol. The van der Waals surface area contributed by atoms with Gasteiger partial charge < -0.3 is 9.64 Å². The van der Waals surface area contributed by atoms with Crippen LogP contribution in [0.4, 0.5) is 10.1 Å². The zero-order chi connectivity index (χ0) is 15.0. The molecule has 1 atom stereocenters. The van der Waals surface area contributed by atoms with Gasteiger partial charge in [0.2, 0.25) is 0 Å². The maximum atomic E-state index is 13.5. The summed E-state index contributed by atoms with van der Waals surface area (Å²) in [4.78, 5) is 13.9. The highest BCUT2D eigenvalue weighted by atomic mass is 35.5. The van der Waals surface area contributed by atoms with E-state index in [2.05, 4.69) is 0 Å². The normalized spacial score (nSPS) is 17.4. The van der Waals surface area contributed by atoms with Crippen LogP contribution in [0.15, 0.2) is 42.5 Å². The number of halogens is 2. The van der Waals surface area contributed by atoms with E-state index >= 15 is 0 Å². The first-order valence-corrected chi connectivity index (χ1v) is 6.94. The molecule has 0 aliphatic carbocycles. The predicted octanol–water partition coefficient (Wildman–Crippen LogP) is 3.79. The molecule has 0 fully saturated rings. The molecule has 1 amide bonds. The summed E-state index contributed by atoms with van der Waals surface area (Å²) in [6.45, 7) is 2.03. The van der Waals surface area contributed by atoms with Crippen molar-refractivity contribution in [2.75, 3.05) is 4.90 Å². The van der Waals surface area contributed by atoms with Gasteiger partial charge in [0.25, 0.3) is 5.91 Å². The van der Waals surface area contributed by atoms with Gasteiger partial charge in [-0.15, -0.1) is 0 Å². The Kier molecular flexibility index (Phi) is 3.55. The van der Waals surface area contributed by atoms with Crippen LogP contribution in [-0.4, -0.2) is 12.0 Å². The van der Waals surface area contributed by atoms with Crippen molar-refractivity contribution in [2.24, 2.45) is 0 Å². The van der Waals surface area contributed by atoms with Gasteiger partial charge in [-0.25, -0.2) is 4.39 Å². The Morgan fingerprint density at radius 3 is 2.67 bits per heavy atom. The van der Waals surface area contributed by atoms with Crippen molar-refractivity contribution in [1.82, 2.24) is 0 Å².